The molecule has 0 aromatic heterocycles. The summed E-state index contributed by atoms with van der Waals surface area (Å²) in [7, 11) is 2.67. The van der Waals surface area contributed by atoms with Gasteiger partial charge >= 0.3 is 0 Å². The predicted octanol–water partition coefficient (Wildman–Crippen LogP) is 2.01. The number of halogens is 1. The van der Waals surface area contributed by atoms with Gasteiger partial charge < -0.3 is 10.1 Å². The molecular weight excluding hydrogens is 290 g/mol. The number of amides is 1. The molecule has 0 saturated heterocycles. The van der Waals surface area contributed by atoms with Crippen molar-refractivity contribution in [1.29, 1.82) is 0 Å². The minimum Gasteiger partial charge on any atom is -0.495 e. The minimum atomic E-state index is -3.97. The summed E-state index contributed by atoms with van der Waals surface area (Å²) in [5.74, 6) is 0.0618. The van der Waals surface area contributed by atoms with Gasteiger partial charge in [-0.25, -0.2) is 8.42 Å². The lowest BCUT2D eigenvalue weighted by atomic mass is 10.2. The Morgan fingerprint density at radius 2 is 2.05 bits per heavy atom. The highest BCUT2D eigenvalue weighted by atomic mass is 35.7. The van der Waals surface area contributed by atoms with Gasteiger partial charge in [-0.3, -0.25) is 4.79 Å². The van der Waals surface area contributed by atoms with Crippen molar-refractivity contribution in [2.45, 2.75) is 18.7 Å². The van der Waals surface area contributed by atoms with Gasteiger partial charge in [0.1, 0.15) is 10.6 Å². The van der Waals surface area contributed by atoms with Gasteiger partial charge in [-0.1, -0.05) is 13.8 Å². The Morgan fingerprint density at radius 3 is 2.53 bits per heavy atom. The zero-order chi connectivity index (χ0) is 14.6. The Morgan fingerprint density at radius 1 is 1.42 bits per heavy atom. The van der Waals surface area contributed by atoms with Gasteiger partial charge in [-0.15, -0.1) is 0 Å². The van der Waals surface area contributed by atoms with Crippen molar-refractivity contribution in [3.8, 4) is 5.75 Å². The highest BCUT2D eigenvalue weighted by molar-refractivity contribution is 8.13. The maximum absolute atomic E-state index is 11.8. The summed E-state index contributed by atoms with van der Waals surface area (Å²) >= 11 is 0. The first-order valence-electron chi connectivity index (χ1n) is 5.66. The van der Waals surface area contributed by atoms with Gasteiger partial charge in [0.25, 0.3) is 15.0 Å². The van der Waals surface area contributed by atoms with E-state index in [1.165, 1.54) is 25.3 Å². The molecule has 0 aliphatic rings. The molecule has 0 atom stereocenters. The van der Waals surface area contributed by atoms with Crippen molar-refractivity contribution in [1.82, 2.24) is 5.32 Å². The minimum absolute atomic E-state index is 0.107. The smallest absolute Gasteiger partial charge is 0.265 e. The quantitative estimate of drug-likeness (QED) is 0.845. The van der Waals surface area contributed by atoms with E-state index in [4.69, 9.17) is 15.4 Å². The van der Waals surface area contributed by atoms with Crippen molar-refractivity contribution >= 4 is 25.6 Å². The van der Waals surface area contributed by atoms with Crippen molar-refractivity contribution in [2.75, 3.05) is 13.7 Å². The first-order chi connectivity index (χ1) is 8.75. The Hall–Kier alpha value is -1.27. The summed E-state index contributed by atoms with van der Waals surface area (Å²) in [4.78, 5) is 11.6. The van der Waals surface area contributed by atoms with Crippen molar-refractivity contribution < 1.29 is 17.9 Å². The average molecular weight is 306 g/mol. The average Bonchev–Trinajstić information content (AvgIpc) is 2.34. The van der Waals surface area contributed by atoms with Crippen LogP contribution in [0.4, 0.5) is 0 Å². The molecule has 1 N–H and O–H groups in total. The van der Waals surface area contributed by atoms with Crippen molar-refractivity contribution in [2.24, 2.45) is 5.92 Å². The van der Waals surface area contributed by atoms with Crippen LogP contribution in [0.5, 0.6) is 5.75 Å². The molecule has 0 aliphatic heterocycles. The summed E-state index contributed by atoms with van der Waals surface area (Å²) in [5, 5.41) is 2.70. The van der Waals surface area contributed by atoms with Gasteiger partial charge in [0.05, 0.1) is 7.11 Å². The van der Waals surface area contributed by atoms with Crippen LogP contribution in [0.25, 0.3) is 0 Å². The van der Waals surface area contributed by atoms with E-state index in [2.05, 4.69) is 5.32 Å². The Bertz CT molecular complexity index is 569. The highest BCUT2D eigenvalue weighted by Gasteiger charge is 2.19. The van der Waals surface area contributed by atoms with Gasteiger partial charge in [-0.2, -0.15) is 0 Å². The predicted molar refractivity (Wildman–Crippen MR) is 73.2 cm³/mol. The summed E-state index contributed by atoms with van der Waals surface area (Å²) in [6.45, 7) is 4.43. The molecule has 1 amide bonds. The molecule has 7 heteroatoms. The molecule has 0 aliphatic carbocycles. The molecule has 1 rings (SSSR count). The molecule has 0 unspecified atom stereocenters. The van der Waals surface area contributed by atoms with Gasteiger partial charge in [0, 0.05) is 22.8 Å². The largest absolute Gasteiger partial charge is 0.495 e. The normalized spacial score (nSPS) is 11.4. The van der Waals surface area contributed by atoms with Crippen LogP contribution in [-0.4, -0.2) is 28.0 Å². The van der Waals surface area contributed by atoms with E-state index in [9.17, 15) is 13.2 Å². The number of methoxy groups -OCH3 is 1. The standard InChI is InChI=1S/C12H16ClNO4S/c1-8(2)7-14-12(15)9-4-5-10(18-3)11(6-9)19(13,16)17/h4-6,8H,7H2,1-3H3,(H,14,15). The molecule has 0 radical (unpaired) electrons. The fraction of sp³-hybridized carbons (Fsp3) is 0.417. The van der Waals surface area contributed by atoms with E-state index >= 15 is 0 Å². The molecule has 0 heterocycles. The third-order valence-corrected chi connectivity index (χ3v) is 3.70. The number of ether oxygens (including phenoxy) is 1. The number of carbonyl (C=O) groups is 1. The van der Waals surface area contributed by atoms with Crippen LogP contribution < -0.4 is 10.1 Å². The number of carbonyl (C=O) groups excluding carboxylic acids is 1. The van der Waals surface area contributed by atoms with E-state index in [1.807, 2.05) is 13.8 Å². The molecular formula is C12H16ClNO4S. The van der Waals surface area contributed by atoms with Gasteiger partial charge in [0.2, 0.25) is 0 Å². The third-order valence-electron chi connectivity index (χ3n) is 2.36. The molecule has 1 aromatic carbocycles. The Labute approximate surface area is 117 Å². The van der Waals surface area contributed by atoms with Crippen LogP contribution >= 0.6 is 10.7 Å². The molecule has 0 saturated carbocycles. The summed E-state index contributed by atoms with van der Waals surface area (Å²) in [6, 6.07) is 4.09. The number of hydrogen-bond acceptors (Lipinski definition) is 4. The van der Waals surface area contributed by atoms with E-state index in [-0.39, 0.29) is 22.1 Å². The molecule has 0 spiro atoms. The second-order valence-electron chi connectivity index (χ2n) is 4.41. The van der Waals surface area contributed by atoms with Gasteiger partial charge in [0.15, 0.2) is 0 Å². The fourth-order valence-corrected chi connectivity index (χ4v) is 2.43. The Balaban J connectivity index is 3.09. The topological polar surface area (TPSA) is 72.5 Å². The van der Waals surface area contributed by atoms with Crippen LogP contribution in [0.1, 0.15) is 24.2 Å². The summed E-state index contributed by atoms with van der Waals surface area (Å²) < 4.78 is 27.7. The molecule has 1 aromatic rings. The maximum Gasteiger partial charge on any atom is 0.265 e. The molecule has 19 heavy (non-hydrogen) atoms. The zero-order valence-electron chi connectivity index (χ0n) is 10.9. The van der Waals surface area contributed by atoms with Crippen LogP contribution in [0.3, 0.4) is 0 Å². The summed E-state index contributed by atoms with van der Waals surface area (Å²) in [6.07, 6.45) is 0. The van der Waals surface area contributed by atoms with E-state index < -0.39 is 9.05 Å². The van der Waals surface area contributed by atoms with Crippen LogP contribution in [-0.2, 0) is 9.05 Å². The lowest BCUT2D eigenvalue weighted by molar-refractivity contribution is 0.0948. The van der Waals surface area contributed by atoms with E-state index in [0.717, 1.165) is 0 Å². The van der Waals surface area contributed by atoms with Crippen LogP contribution in [0.15, 0.2) is 23.1 Å². The van der Waals surface area contributed by atoms with Crippen LogP contribution in [0.2, 0.25) is 0 Å². The van der Waals surface area contributed by atoms with Gasteiger partial charge in [-0.05, 0) is 24.1 Å². The molecule has 106 valence electrons. The van der Waals surface area contributed by atoms with E-state index in [0.29, 0.717) is 12.5 Å². The monoisotopic (exact) mass is 305 g/mol. The lowest BCUT2D eigenvalue weighted by Gasteiger charge is -2.10. The highest BCUT2D eigenvalue weighted by Crippen LogP contribution is 2.27. The van der Waals surface area contributed by atoms with E-state index in [1.54, 1.807) is 0 Å². The molecule has 5 nitrogen and oxygen atoms in total. The zero-order valence-corrected chi connectivity index (χ0v) is 12.5. The Kier molecular flexibility index (Phi) is 5.20. The lowest BCUT2D eigenvalue weighted by Crippen LogP contribution is -2.27. The van der Waals surface area contributed by atoms with Crippen LogP contribution in [0, 0.1) is 5.92 Å². The summed E-state index contributed by atoms with van der Waals surface area (Å²) in [5.41, 5.74) is 0.223. The SMILES string of the molecule is COc1ccc(C(=O)NCC(C)C)cc1S(=O)(=O)Cl. The number of hydrogen-bond donors (Lipinski definition) is 1. The molecule has 0 bridgehead atoms. The first-order valence-corrected chi connectivity index (χ1v) is 7.97. The second kappa shape index (κ2) is 6.25. The van der Waals surface area contributed by atoms with Crippen molar-refractivity contribution in [3.63, 3.8) is 0 Å². The first kappa shape index (κ1) is 15.8. The van der Waals surface area contributed by atoms with Crippen molar-refractivity contribution in [3.05, 3.63) is 23.8 Å². The number of rotatable bonds is 5. The third kappa shape index (κ3) is 4.40. The fourth-order valence-electron chi connectivity index (χ4n) is 1.41. The number of benzene rings is 1. The molecule has 0 fully saturated rings. The second-order valence-corrected chi connectivity index (χ2v) is 6.94. The maximum atomic E-state index is 11.8. The number of nitrogens with one attached hydrogen (secondary N) is 1.